The Bertz CT molecular complexity index is 949. The molecule has 1 heterocycles. The molecule has 0 bridgehead atoms. The Labute approximate surface area is 186 Å². The van der Waals surface area contributed by atoms with Gasteiger partial charge < -0.3 is 21.7 Å². The lowest BCUT2D eigenvalue weighted by Crippen LogP contribution is -2.63. The number of carbonyl (C=O) groups excluding carboxylic acids is 4. The van der Waals surface area contributed by atoms with Crippen molar-refractivity contribution in [3.8, 4) is 0 Å². The summed E-state index contributed by atoms with van der Waals surface area (Å²) in [6.45, 7) is 0. The van der Waals surface area contributed by atoms with Crippen molar-refractivity contribution >= 4 is 23.6 Å². The standard InChI is InChI=1S/C24H28N4O4/c25-22(30)18(13-7-12-16-8-3-1-4-9-16)26-21(29)15-20-24(32)27-19(23(31)28-20)14-17-10-5-2-6-11-17/h1-6,8-11,18-20H,7,12-15H2,(H2,25,30)(H,26,29)(H,27,32)(H,28,31)/t18-,19-,20-/m0/s1. The molecule has 0 aromatic heterocycles. The predicted octanol–water partition coefficient (Wildman–Crippen LogP) is 0.595. The maximum absolute atomic E-state index is 12.4. The van der Waals surface area contributed by atoms with Gasteiger partial charge in [-0.2, -0.15) is 0 Å². The predicted molar refractivity (Wildman–Crippen MR) is 119 cm³/mol. The molecule has 0 spiro atoms. The molecule has 168 valence electrons. The summed E-state index contributed by atoms with van der Waals surface area (Å²) in [5.74, 6) is -1.93. The van der Waals surface area contributed by atoms with Crippen LogP contribution in [0, 0.1) is 0 Å². The number of primary amides is 1. The van der Waals surface area contributed by atoms with E-state index in [1.165, 1.54) is 0 Å². The second-order valence-electron chi connectivity index (χ2n) is 7.92. The van der Waals surface area contributed by atoms with Crippen LogP contribution < -0.4 is 21.7 Å². The van der Waals surface area contributed by atoms with Crippen LogP contribution in [0.5, 0.6) is 0 Å². The molecule has 2 aromatic carbocycles. The van der Waals surface area contributed by atoms with Crippen molar-refractivity contribution in [1.29, 1.82) is 0 Å². The molecule has 2 aromatic rings. The van der Waals surface area contributed by atoms with E-state index in [4.69, 9.17) is 5.73 Å². The van der Waals surface area contributed by atoms with Gasteiger partial charge in [0.25, 0.3) is 0 Å². The van der Waals surface area contributed by atoms with Gasteiger partial charge in [0, 0.05) is 6.42 Å². The third-order valence-corrected chi connectivity index (χ3v) is 5.42. The minimum absolute atomic E-state index is 0.266. The molecule has 0 radical (unpaired) electrons. The number of hydrogen-bond acceptors (Lipinski definition) is 4. The smallest absolute Gasteiger partial charge is 0.243 e. The van der Waals surface area contributed by atoms with E-state index in [1.807, 2.05) is 60.7 Å². The van der Waals surface area contributed by atoms with Gasteiger partial charge in [-0.25, -0.2) is 0 Å². The SMILES string of the molecule is NC(=O)[C@H](CCCc1ccccc1)NC(=O)C[C@@H]1NC(=O)[C@H](Cc2ccccc2)NC1=O. The summed E-state index contributed by atoms with van der Waals surface area (Å²) in [6, 6.07) is 16.6. The lowest BCUT2D eigenvalue weighted by Gasteiger charge is -2.29. The third-order valence-electron chi connectivity index (χ3n) is 5.42. The minimum Gasteiger partial charge on any atom is -0.368 e. The zero-order chi connectivity index (χ0) is 22.9. The molecule has 8 heteroatoms. The summed E-state index contributed by atoms with van der Waals surface area (Å²) in [4.78, 5) is 49.0. The van der Waals surface area contributed by atoms with Gasteiger partial charge in [0.05, 0.1) is 6.42 Å². The Morgan fingerprint density at radius 1 is 0.875 bits per heavy atom. The van der Waals surface area contributed by atoms with E-state index in [0.29, 0.717) is 19.3 Å². The quantitative estimate of drug-likeness (QED) is 0.434. The molecule has 0 unspecified atom stereocenters. The van der Waals surface area contributed by atoms with E-state index in [0.717, 1.165) is 17.5 Å². The van der Waals surface area contributed by atoms with Crippen molar-refractivity contribution in [2.75, 3.05) is 0 Å². The normalized spacial score (nSPS) is 18.9. The molecule has 1 aliphatic heterocycles. The van der Waals surface area contributed by atoms with Crippen LogP contribution in [0.4, 0.5) is 0 Å². The lowest BCUT2D eigenvalue weighted by molar-refractivity contribution is -0.138. The molecule has 1 fully saturated rings. The fourth-order valence-electron chi connectivity index (χ4n) is 3.69. The highest BCUT2D eigenvalue weighted by atomic mass is 16.2. The van der Waals surface area contributed by atoms with E-state index < -0.39 is 35.8 Å². The molecule has 3 rings (SSSR count). The summed E-state index contributed by atoms with van der Waals surface area (Å²) >= 11 is 0. The van der Waals surface area contributed by atoms with Crippen LogP contribution in [-0.4, -0.2) is 41.8 Å². The molecule has 0 saturated carbocycles. The number of rotatable bonds is 10. The van der Waals surface area contributed by atoms with Crippen LogP contribution in [0.3, 0.4) is 0 Å². The highest BCUT2D eigenvalue weighted by molar-refractivity contribution is 5.99. The fraction of sp³-hybridized carbons (Fsp3) is 0.333. The topological polar surface area (TPSA) is 130 Å². The van der Waals surface area contributed by atoms with Gasteiger partial charge in [0.2, 0.25) is 23.6 Å². The van der Waals surface area contributed by atoms with Gasteiger partial charge in [0.15, 0.2) is 0 Å². The van der Waals surface area contributed by atoms with Crippen LogP contribution in [-0.2, 0) is 32.0 Å². The van der Waals surface area contributed by atoms with E-state index in [9.17, 15) is 19.2 Å². The average molecular weight is 437 g/mol. The Hall–Kier alpha value is -3.68. The molecule has 8 nitrogen and oxygen atoms in total. The van der Waals surface area contributed by atoms with E-state index in [2.05, 4.69) is 16.0 Å². The molecule has 5 N–H and O–H groups in total. The molecule has 1 saturated heterocycles. The largest absolute Gasteiger partial charge is 0.368 e. The summed E-state index contributed by atoms with van der Waals surface area (Å²) < 4.78 is 0. The first-order valence-corrected chi connectivity index (χ1v) is 10.7. The van der Waals surface area contributed by atoms with Crippen molar-refractivity contribution in [3.05, 3.63) is 71.8 Å². The fourth-order valence-corrected chi connectivity index (χ4v) is 3.69. The Morgan fingerprint density at radius 3 is 2.06 bits per heavy atom. The second-order valence-corrected chi connectivity index (χ2v) is 7.92. The summed E-state index contributed by atoms with van der Waals surface area (Å²) in [5.41, 5.74) is 7.49. The number of piperazine rings is 1. The summed E-state index contributed by atoms with van der Waals surface area (Å²) in [7, 11) is 0. The second kappa shape index (κ2) is 11.1. The minimum atomic E-state index is -0.993. The molecular formula is C24H28N4O4. The zero-order valence-corrected chi connectivity index (χ0v) is 17.8. The zero-order valence-electron chi connectivity index (χ0n) is 17.8. The number of amides is 4. The van der Waals surface area contributed by atoms with Crippen LogP contribution in [0.25, 0.3) is 0 Å². The first kappa shape index (κ1) is 23.0. The van der Waals surface area contributed by atoms with Crippen LogP contribution in [0.2, 0.25) is 0 Å². The van der Waals surface area contributed by atoms with Gasteiger partial charge in [-0.3, -0.25) is 19.2 Å². The average Bonchev–Trinajstić information content (AvgIpc) is 2.78. The van der Waals surface area contributed by atoms with E-state index in [-0.39, 0.29) is 12.3 Å². The summed E-state index contributed by atoms with van der Waals surface area (Å²) in [6.07, 6.45) is 1.91. The lowest BCUT2D eigenvalue weighted by atomic mass is 10.0. The monoisotopic (exact) mass is 436 g/mol. The molecule has 3 atom stereocenters. The Kier molecular flexibility index (Phi) is 7.96. The van der Waals surface area contributed by atoms with Crippen molar-refractivity contribution in [2.45, 2.75) is 50.2 Å². The van der Waals surface area contributed by atoms with Crippen molar-refractivity contribution in [2.24, 2.45) is 5.73 Å². The van der Waals surface area contributed by atoms with Gasteiger partial charge in [-0.05, 0) is 30.4 Å². The number of nitrogens with one attached hydrogen (secondary N) is 3. The van der Waals surface area contributed by atoms with Crippen molar-refractivity contribution in [3.63, 3.8) is 0 Å². The van der Waals surface area contributed by atoms with E-state index >= 15 is 0 Å². The molecule has 32 heavy (non-hydrogen) atoms. The Balaban J connectivity index is 1.48. The molecule has 4 amide bonds. The molecule has 0 aliphatic carbocycles. The van der Waals surface area contributed by atoms with Gasteiger partial charge in [-0.15, -0.1) is 0 Å². The highest BCUT2D eigenvalue weighted by Gasteiger charge is 2.35. The molecular weight excluding hydrogens is 408 g/mol. The number of aryl methyl sites for hydroxylation is 1. The first-order chi connectivity index (χ1) is 15.4. The number of benzene rings is 2. The Morgan fingerprint density at radius 2 is 1.44 bits per heavy atom. The van der Waals surface area contributed by atoms with E-state index in [1.54, 1.807) is 0 Å². The first-order valence-electron chi connectivity index (χ1n) is 10.7. The van der Waals surface area contributed by atoms with Crippen molar-refractivity contribution in [1.82, 2.24) is 16.0 Å². The highest BCUT2D eigenvalue weighted by Crippen LogP contribution is 2.10. The van der Waals surface area contributed by atoms with Gasteiger partial charge in [-0.1, -0.05) is 60.7 Å². The number of nitrogens with two attached hydrogens (primary N) is 1. The summed E-state index contributed by atoms with van der Waals surface area (Å²) in [5, 5.41) is 7.87. The van der Waals surface area contributed by atoms with Gasteiger partial charge in [0.1, 0.15) is 18.1 Å². The third kappa shape index (κ3) is 6.66. The van der Waals surface area contributed by atoms with Crippen LogP contribution in [0.1, 0.15) is 30.4 Å². The molecule has 1 aliphatic rings. The number of carbonyl (C=O) groups is 4. The van der Waals surface area contributed by atoms with Crippen LogP contribution >= 0.6 is 0 Å². The number of hydrogen-bond donors (Lipinski definition) is 4. The maximum atomic E-state index is 12.4. The van der Waals surface area contributed by atoms with Crippen LogP contribution in [0.15, 0.2) is 60.7 Å². The van der Waals surface area contributed by atoms with Gasteiger partial charge >= 0.3 is 0 Å². The maximum Gasteiger partial charge on any atom is 0.243 e. The van der Waals surface area contributed by atoms with Crippen molar-refractivity contribution < 1.29 is 19.2 Å².